The van der Waals surface area contributed by atoms with E-state index in [-0.39, 0.29) is 6.61 Å². The van der Waals surface area contributed by atoms with Crippen LogP contribution in [0, 0.1) is 0 Å². The van der Waals surface area contributed by atoms with E-state index < -0.39 is 0 Å². The molecule has 1 heterocycles. The van der Waals surface area contributed by atoms with Crippen LogP contribution < -0.4 is 5.32 Å². The number of hydrogen-bond donors (Lipinski definition) is 2. The molecule has 1 aromatic heterocycles. The molecule has 0 saturated heterocycles. The molecule has 18 heavy (non-hydrogen) atoms. The maximum Gasteiger partial charge on any atom is 0.0640 e. The van der Waals surface area contributed by atoms with E-state index in [1.165, 1.54) is 0 Å². The van der Waals surface area contributed by atoms with Gasteiger partial charge in [-0.25, -0.2) is 0 Å². The monoisotopic (exact) mass is 373 g/mol. The quantitative estimate of drug-likeness (QED) is 0.845. The molecule has 96 valence electrons. The van der Waals surface area contributed by atoms with Crippen LogP contribution >= 0.6 is 31.9 Å². The molecule has 0 radical (unpaired) electrons. The van der Waals surface area contributed by atoms with Crippen LogP contribution in [0.5, 0.6) is 0 Å². The fourth-order valence-corrected chi connectivity index (χ4v) is 2.86. The third-order valence-corrected chi connectivity index (χ3v) is 3.77. The second-order valence-corrected chi connectivity index (χ2v) is 5.49. The predicted octanol–water partition coefficient (Wildman–Crippen LogP) is 3.01. The smallest absolute Gasteiger partial charge is 0.0640 e. The Morgan fingerprint density at radius 1 is 1.28 bits per heavy atom. The Morgan fingerprint density at radius 3 is 2.67 bits per heavy atom. The summed E-state index contributed by atoms with van der Waals surface area (Å²) in [5.41, 5.74) is 2.10. The molecule has 2 aromatic rings. The van der Waals surface area contributed by atoms with Gasteiger partial charge in [-0.2, -0.15) is 5.10 Å². The fraction of sp³-hybridized carbons (Fsp3) is 0.250. The van der Waals surface area contributed by atoms with Gasteiger partial charge in [0.2, 0.25) is 0 Å². The molecule has 0 unspecified atom stereocenters. The summed E-state index contributed by atoms with van der Waals surface area (Å²) in [5, 5.41) is 16.3. The van der Waals surface area contributed by atoms with Crippen LogP contribution in [0.3, 0.4) is 0 Å². The van der Waals surface area contributed by atoms with Crippen molar-refractivity contribution in [3.05, 3.63) is 45.1 Å². The summed E-state index contributed by atoms with van der Waals surface area (Å²) in [6.07, 6.45) is 3.72. The van der Waals surface area contributed by atoms with Crippen molar-refractivity contribution in [2.75, 3.05) is 11.9 Å². The average molecular weight is 375 g/mol. The van der Waals surface area contributed by atoms with Crippen molar-refractivity contribution in [3.8, 4) is 0 Å². The van der Waals surface area contributed by atoms with Crippen molar-refractivity contribution in [2.24, 2.45) is 0 Å². The number of nitrogens with one attached hydrogen (secondary N) is 1. The summed E-state index contributed by atoms with van der Waals surface area (Å²) in [7, 11) is 0. The van der Waals surface area contributed by atoms with Crippen molar-refractivity contribution < 1.29 is 5.11 Å². The van der Waals surface area contributed by atoms with Gasteiger partial charge >= 0.3 is 0 Å². The Morgan fingerprint density at radius 2 is 2.00 bits per heavy atom. The van der Waals surface area contributed by atoms with Gasteiger partial charge < -0.3 is 10.4 Å². The van der Waals surface area contributed by atoms with Crippen LogP contribution in [-0.4, -0.2) is 21.5 Å². The van der Waals surface area contributed by atoms with Crippen LogP contribution in [-0.2, 0) is 13.1 Å². The highest BCUT2D eigenvalue weighted by atomic mass is 79.9. The topological polar surface area (TPSA) is 50.1 Å². The minimum Gasteiger partial charge on any atom is -0.394 e. The van der Waals surface area contributed by atoms with Gasteiger partial charge in [-0.15, -0.1) is 0 Å². The highest BCUT2D eigenvalue weighted by molar-refractivity contribution is 9.11. The summed E-state index contributed by atoms with van der Waals surface area (Å²) in [5.74, 6) is 0. The molecule has 1 aromatic carbocycles. The third kappa shape index (κ3) is 3.34. The highest BCUT2D eigenvalue weighted by Crippen LogP contribution is 2.30. The molecule has 0 spiro atoms. The van der Waals surface area contributed by atoms with Crippen LogP contribution in [0.15, 0.2) is 39.5 Å². The second kappa shape index (κ2) is 6.36. The lowest BCUT2D eigenvalue weighted by Gasteiger charge is -2.09. The number of anilines is 1. The van der Waals surface area contributed by atoms with Crippen molar-refractivity contribution in [3.63, 3.8) is 0 Å². The van der Waals surface area contributed by atoms with Crippen molar-refractivity contribution in [1.82, 2.24) is 9.78 Å². The van der Waals surface area contributed by atoms with Gasteiger partial charge in [0.25, 0.3) is 0 Å². The van der Waals surface area contributed by atoms with Crippen LogP contribution in [0.4, 0.5) is 5.69 Å². The molecule has 2 rings (SSSR count). The molecular formula is C12H13Br2N3O. The van der Waals surface area contributed by atoms with Gasteiger partial charge in [0.05, 0.1) is 25.0 Å². The molecule has 0 aliphatic heterocycles. The van der Waals surface area contributed by atoms with E-state index in [1.807, 2.05) is 24.4 Å². The minimum atomic E-state index is 0.102. The number of nitrogens with zero attached hydrogens (tertiary/aromatic N) is 2. The number of halogens is 2. The van der Waals surface area contributed by atoms with Gasteiger partial charge in [-0.1, -0.05) is 6.07 Å². The first-order valence-corrected chi connectivity index (χ1v) is 7.09. The summed E-state index contributed by atoms with van der Waals surface area (Å²) in [6, 6.07) is 5.95. The molecule has 4 nitrogen and oxygen atoms in total. The zero-order valence-electron chi connectivity index (χ0n) is 9.61. The molecule has 0 fully saturated rings. The molecule has 0 amide bonds. The first kappa shape index (κ1) is 13.6. The lowest BCUT2D eigenvalue weighted by atomic mass is 10.3. The predicted molar refractivity (Wildman–Crippen MR) is 78.5 cm³/mol. The molecular weight excluding hydrogens is 362 g/mol. The molecule has 0 bridgehead atoms. The first-order chi connectivity index (χ1) is 8.70. The van der Waals surface area contributed by atoms with Crippen LogP contribution in [0.25, 0.3) is 0 Å². The summed E-state index contributed by atoms with van der Waals surface area (Å²) in [6.45, 7) is 1.32. The molecule has 0 saturated carbocycles. The number of aliphatic hydroxyl groups excluding tert-OH is 1. The Hall–Kier alpha value is -0.850. The van der Waals surface area contributed by atoms with E-state index in [1.54, 1.807) is 10.9 Å². The normalized spacial score (nSPS) is 10.6. The summed E-state index contributed by atoms with van der Waals surface area (Å²) < 4.78 is 3.76. The summed E-state index contributed by atoms with van der Waals surface area (Å²) in [4.78, 5) is 0. The number of rotatable bonds is 5. The van der Waals surface area contributed by atoms with Crippen LogP contribution in [0.2, 0.25) is 0 Å². The lowest BCUT2D eigenvalue weighted by Crippen LogP contribution is -2.02. The average Bonchev–Trinajstić information content (AvgIpc) is 2.77. The number of aromatic nitrogens is 2. The maximum absolute atomic E-state index is 8.82. The number of benzene rings is 1. The van der Waals surface area contributed by atoms with E-state index in [4.69, 9.17) is 5.11 Å². The molecule has 0 atom stereocenters. The largest absolute Gasteiger partial charge is 0.394 e. The number of hydrogen-bond acceptors (Lipinski definition) is 3. The summed E-state index contributed by atoms with van der Waals surface area (Å²) >= 11 is 7.01. The molecule has 2 N–H and O–H groups in total. The van der Waals surface area contributed by atoms with E-state index in [0.717, 1.165) is 20.2 Å². The zero-order chi connectivity index (χ0) is 13.0. The van der Waals surface area contributed by atoms with Crippen molar-refractivity contribution in [2.45, 2.75) is 13.1 Å². The lowest BCUT2D eigenvalue weighted by molar-refractivity contribution is 0.269. The van der Waals surface area contributed by atoms with Crippen molar-refractivity contribution in [1.29, 1.82) is 0 Å². The molecule has 6 heteroatoms. The zero-order valence-corrected chi connectivity index (χ0v) is 12.8. The Balaban J connectivity index is 2.02. The maximum atomic E-state index is 8.82. The fourth-order valence-electron chi connectivity index (χ4n) is 1.58. The Labute approximate surface area is 122 Å². The first-order valence-electron chi connectivity index (χ1n) is 5.51. The van der Waals surface area contributed by atoms with Gasteiger partial charge in [-0.05, 0) is 44.0 Å². The second-order valence-electron chi connectivity index (χ2n) is 3.79. The third-order valence-electron chi connectivity index (χ3n) is 2.45. The van der Waals surface area contributed by atoms with Gasteiger partial charge in [0.1, 0.15) is 0 Å². The van der Waals surface area contributed by atoms with Gasteiger partial charge in [0, 0.05) is 27.3 Å². The van der Waals surface area contributed by atoms with E-state index in [2.05, 4.69) is 42.3 Å². The minimum absolute atomic E-state index is 0.102. The number of para-hydroxylation sites is 1. The Kier molecular flexibility index (Phi) is 4.79. The molecule has 0 aliphatic carbocycles. The standard InChI is InChI=1S/C12H13Br2N3O/c13-10-2-1-3-11(14)12(10)15-6-9-7-16-17(8-9)4-5-18/h1-3,7-8,15,18H,4-6H2. The number of aliphatic hydroxyl groups is 1. The highest BCUT2D eigenvalue weighted by Gasteiger charge is 2.04. The van der Waals surface area contributed by atoms with Gasteiger partial charge in [-0.3, -0.25) is 4.68 Å². The van der Waals surface area contributed by atoms with Gasteiger partial charge in [0.15, 0.2) is 0 Å². The van der Waals surface area contributed by atoms with E-state index in [0.29, 0.717) is 13.1 Å². The van der Waals surface area contributed by atoms with Crippen molar-refractivity contribution >= 4 is 37.5 Å². The van der Waals surface area contributed by atoms with E-state index in [9.17, 15) is 0 Å². The Bertz CT molecular complexity index is 508. The van der Waals surface area contributed by atoms with E-state index >= 15 is 0 Å². The SMILES string of the molecule is OCCn1cc(CNc2c(Br)cccc2Br)cn1. The van der Waals surface area contributed by atoms with Crippen LogP contribution in [0.1, 0.15) is 5.56 Å². The molecule has 0 aliphatic rings.